The van der Waals surface area contributed by atoms with E-state index in [1.54, 1.807) is 7.11 Å². The molecule has 0 bridgehead atoms. The fourth-order valence-electron chi connectivity index (χ4n) is 4.00. The van der Waals surface area contributed by atoms with Gasteiger partial charge in [-0.2, -0.15) is 4.98 Å². The van der Waals surface area contributed by atoms with Crippen molar-refractivity contribution in [2.24, 2.45) is 5.41 Å². The number of nitrogens with zero attached hydrogens (tertiary/aromatic N) is 5. The van der Waals surface area contributed by atoms with Gasteiger partial charge in [0.15, 0.2) is 0 Å². The maximum atomic E-state index is 5.22. The van der Waals surface area contributed by atoms with Crippen LogP contribution in [0.4, 0.5) is 11.8 Å². The molecule has 6 heteroatoms. The van der Waals surface area contributed by atoms with Gasteiger partial charge in [0, 0.05) is 58.6 Å². The molecule has 6 nitrogen and oxygen atoms in total. The third-order valence-corrected chi connectivity index (χ3v) is 5.48. The van der Waals surface area contributed by atoms with E-state index in [4.69, 9.17) is 9.72 Å². The van der Waals surface area contributed by atoms with Crippen molar-refractivity contribution < 1.29 is 4.74 Å². The molecule has 2 fully saturated rings. The first-order chi connectivity index (χ1) is 12.0. The minimum Gasteiger partial charge on any atom is -0.383 e. The van der Waals surface area contributed by atoms with Crippen molar-refractivity contribution in [3.05, 3.63) is 12.3 Å². The van der Waals surface area contributed by atoms with Gasteiger partial charge in [-0.1, -0.05) is 13.8 Å². The molecule has 2 aliphatic heterocycles. The Hall–Kier alpha value is -1.40. The summed E-state index contributed by atoms with van der Waals surface area (Å²) in [6, 6.07) is 2.55. The van der Waals surface area contributed by atoms with E-state index in [1.165, 1.54) is 12.8 Å². The van der Waals surface area contributed by atoms with E-state index in [0.717, 1.165) is 57.6 Å². The molecule has 0 saturated carbocycles. The van der Waals surface area contributed by atoms with Gasteiger partial charge in [0.25, 0.3) is 0 Å². The Labute approximate surface area is 152 Å². The summed E-state index contributed by atoms with van der Waals surface area (Å²) in [5, 5.41) is 0. The van der Waals surface area contributed by atoms with Gasteiger partial charge in [-0.05, 0) is 31.2 Å². The molecule has 1 atom stereocenters. The number of hydrogen-bond donors (Lipinski definition) is 0. The SMILES string of the molecule is COCCN1CCN(c2nccc(N3CCCC(C)(C)C3)n2)C[C@@H]1C. The van der Waals surface area contributed by atoms with E-state index >= 15 is 0 Å². The summed E-state index contributed by atoms with van der Waals surface area (Å²) in [7, 11) is 1.77. The molecule has 3 heterocycles. The van der Waals surface area contributed by atoms with Crippen LogP contribution in [0.1, 0.15) is 33.6 Å². The fraction of sp³-hybridized carbons (Fsp3) is 0.789. The Kier molecular flexibility index (Phi) is 5.79. The number of piperazine rings is 1. The quantitative estimate of drug-likeness (QED) is 0.814. The van der Waals surface area contributed by atoms with Crippen LogP contribution < -0.4 is 9.80 Å². The zero-order chi connectivity index (χ0) is 17.9. The van der Waals surface area contributed by atoms with Gasteiger partial charge in [-0.25, -0.2) is 4.98 Å². The maximum absolute atomic E-state index is 5.22. The number of methoxy groups -OCH3 is 1. The highest BCUT2D eigenvalue weighted by atomic mass is 16.5. The molecule has 3 rings (SSSR count). The largest absolute Gasteiger partial charge is 0.383 e. The molecule has 1 aromatic rings. The summed E-state index contributed by atoms with van der Waals surface area (Å²) >= 11 is 0. The van der Waals surface area contributed by atoms with Crippen LogP contribution in [0.3, 0.4) is 0 Å². The van der Waals surface area contributed by atoms with Gasteiger partial charge < -0.3 is 14.5 Å². The normalized spacial score (nSPS) is 24.6. The molecule has 0 unspecified atom stereocenters. The maximum Gasteiger partial charge on any atom is 0.227 e. The van der Waals surface area contributed by atoms with Crippen LogP contribution in [0, 0.1) is 5.41 Å². The summed E-state index contributed by atoms with van der Waals surface area (Å²) in [6.07, 6.45) is 4.45. The molecule has 25 heavy (non-hydrogen) atoms. The highest BCUT2D eigenvalue weighted by molar-refractivity contribution is 5.44. The summed E-state index contributed by atoms with van der Waals surface area (Å²) in [6.45, 7) is 13.9. The second kappa shape index (κ2) is 7.87. The van der Waals surface area contributed by atoms with Crippen molar-refractivity contribution in [2.45, 2.75) is 39.7 Å². The van der Waals surface area contributed by atoms with Gasteiger partial charge in [-0.15, -0.1) is 0 Å². The summed E-state index contributed by atoms with van der Waals surface area (Å²) in [5.41, 5.74) is 0.366. The van der Waals surface area contributed by atoms with Crippen molar-refractivity contribution in [2.75, 3.05) is 62.8 Å². The molecule has 2 aliphatic rings. The van der Waals surface area contributed by atoms with Gasteiger partial charge in [0.2, 0.25) is 5.95 Å². The first-order valence-corrected chi connectivity index (χ1v) is 9.54. The number of aromatic nitrogens is 2. The highest BCUT2D eigenvalue weighted by Gasteiger charge is 2.28. The first kappa shape index (κ1) is 18.4. The van der Waals surface area contributed by atoms with Gasteiger partial charge in [0.1, 0.15) is 5.82 Å². The smallest absolute Gasteiger partial charge is 0.227 e. The van der Waals surface area contributed by atoms with Crippen LogP contribution >= 0.6 is 0 Å². The monoisotopic (exact) mass is 347 g/mol. The minimum absolute atomic E-state index is 0.366. The molecule has 0 amide bonds. The second-order valence-corrected chi connectivity index (χ2v) is 8.23. The molecule has 0 aliphatic carbocycles. The molecule has 0 N–H and O–H groups in total. The number of anilines is 2. The molecule has 0 spiro atoms. The lowest BCUT2D eigenvalue weighted by atomic mass is 9.84. The van der Waals surface area contributed by atoms with Crippen LogP contribution in [-0.2, 0) is 4.74 Å². The van der Waals surface area contributed by atoms with Gasteiger partial charge >= 0.3 is 0 Å². The molecule has 0 radical (unpaired) electrons. The van der Waals surface area contributed by atoms with Crippen LogP contribution in [-0.4, -0.2) is 73.9 Å². The van der Waals surface area contributed by atoms with E-state index < -0.39 is 0 Å². The van der Waals surface area contributed by atoms with Crippen molar-refractivity contribution in [1.29, 1.82) is 0 Å². The van der Waals surface area contributed by atoms with Crippen LogP contribution in [0.5, 0.6) is 0 Å². The van der Waals surface area contributed by atoms with E-state index in [1.807, 2.05) is 6.20 Å². The van der Waals surface area contributed by atoms with Gasteiger partial charge in [-0.3, -0.25) is 4.90 Å². The van der Waals surface area contributed by atoms with Gasteiger partial charge in [0.05, 0.1) is 6.61 Å². The summed E-state index contributed by atoms with van der Waals surface area (Å²) in [5.74, 6) is 1.95. The zero-order valence-corrected chi connectivity index (χ0v) is 16.2. The highest BCUT2D eigenvalue weighted by Crippen LogP contribution is 2.31. The average Bonchev–Trinajstić information content (AvgIpc) is 2.60. The van der Waals surface area contributed by atoms with E-state index in [9.17, 15) is 0 Å². The topological polar surface area (TPSA) is 44.7 Å². The molecule has 1 aromatic heterocycles. The van der Waals surface area contributed by atoms with Crippen molar-refractivity contribution in [1.82, 2.24) is 14.9 Å². The predicted octanol–water partition coefficient (Wildman–Crippen LogP) is 2.26. The molecular weight excluding hydrogens is 314 g/mol. The summed E-state index contributed by atoms with van der Waals surface area (Å²) < 4.78 is 5.22. The van der Waals surface area contributed by atoms with Crippen LogP contribution in [0.2, 0.25) is 0 Å². The number of ether oxygens (including phenoxy) is 1. The Morgan fingerprint density at radius 3 is 2.80 bits per heavy atom. The standard InChI is InChI=1S/C19H33N5O/c1-16-14-23(11-10-22(16)12-13-25-4)18-20-8-6-17(21-18)24-9-5-7-19(2,3)15-24/h6,8,16H,5,7,9-15H2,1-4H3/t16-/m0/s1. The molecule has 140 valence electrons. The minimum atomic E-state index is 0.366. The van der Waals surface area contributed by atoms with Crippen molar-refractivity contribution in [3.63, 3.8) is 0 Å². The Balaban J connectivity index is 1.66. The number of piperidine rings is 1. The first-order valence-electron chi connectivity index (χ1n) is 9.54. The van der Waals surface area contributed by atoms with E-state index in [-0.39, 0.29) is 0 Å². The third kappa shape index (κ3) is 4.61. The van der Waals surface area contributed by atoms with E-state index in [2.05, 4.69) is 46.5 Å². The predicted molar refractivity (Wildman–Crippen MR) is 102 cm³/mol. The number of rotatable bonds is 5. The fourth-order valence-corrected chi connectivity index (χ4v) is 4.00. The number of hydrogen-bond acceptors (Lipinski definition) is 6. The third-order valence-electron chi connectivity index (χ3n) is 5.48. The van der Waals surface area contributed by atoms with Crippen molar-refractivity contribution >= 4 is 11.8 Å². The molecular formula is C19H33N5O. The Bertz CT molecular complexity index is 565. The van der Waals surface area contributed by atoms with Crippen molar-refractivity contribution in [3.8, 4) is 0 Å². The average molecular weight is 348 g/mol. The lowest BCUT2D eigenvalue weighted by molar-refractivity contribution is 0.117. The Morgan fingerprint density at radius 2 is 2.08 bits per heavy atom. The van der Waals surface area contributed by atoms with E-state index in [0.29, 0.717) is 11.5 Å². The molecule has 0 aromatic carbocycles. The zero-order valence-electron chi connectivity index (χ0n) is 16.2. The Morgan fingerprint density at radius 1 is 1.24 bits per heavy atom. The van der Waals surface area contributed by atoms with Crippen LogP contribution in [0.15, 0.2) is 12.3 Å². The van der Waals surface area contributed by atoms with Crippen LogP contribution in [0.25, 0.3) is 0 Å². The lowest BCUT2D eigenvalue weighted by Gasteiger charge is -2.41. The molecule has 2 saturated heterocycles. The summed E-state index contributed by atoms with van der Waals surface area (Å²) in [4.78, 5) is 16.7. The lowest BCUT2D eigenvalue weighted by Crippen LogP contribution is -2.53. The second-order valence-electron chi connectivity index (χ2n) is 8.23.